The van der Waals surface area contributed by atoms with E-state index in [9.17, 15) is 0 Å². The minimum Gasteiger partial charge on any atom is -0.380 e. The molecule has 1 N–H and O–H groups in total. The standard InChI is InChI=1S/C13H17NO2/c1-2-4-12-10(3-1)7-16-9-13(12)14-11-5-6-15-8-11/h1-4,11,13-14H,5-9H2. The van der Waals surface area contributed by atoms with E-state index in [1.54, 1.807) is 0 Å². The van der Waals surface area contributed by atoms with Crippen molar-refractivity contribution in [3.8, 4) is 0 Å². The van der Waals surface area contributed by atoms with Crippen molar-refractivity contribution in [3.63, 3.8) is 0 Å². The molecule has 1 aromatic rings. The van der Waals surface area contributed by atoms with E-state index < -0.39 is 0 Å². The van der Waals surface area contributed by atoms with Crippen LogP contribution >= 0.6 is 0 Å². The lowest BCUT2D eigenvalue weighted by atomic mass is 9.98. The van der Waals surface area contributed by atoms with Gasteiger partial charge in [-0.2, -0.15) is 0 Å². The molecule has 2 aliphatic rings. The molecule has 2 aliphatic heterocycles. The van der Waals surface area contributed by atoms with E-state index in [0.29, 0.717) is 12.1 Å². The van der Waals surface area contributed by atoms with Crippen molar-refractivity contribution < 1.29 is 9.47 Å². The summed E-state index contributed by atoms with van der Waals surface area (Å²) in [6, 6.07) is 9.34. The second-order valence-corrected chi connectivity index (χ2v) is 4.49. The monoisotopic (exact) mass is 219 g/mol. The van der Waals surface area contributed by atoms with Gasteiger partial charge in [-0.25, -0.2) is 0 Å². The highest BCUT2D eigenvalue weighted by Crippen LogP contribution is 2.25. The predicted octanol–water partition coefficient (Wildman–Crippen LogP) is 1.64. The van der Waals surface area contributed by atoms with Crippen LogP contribution in [0.5, 0.6) is 0 Å². The van der Waals surface area contributed by atoms with E-state index in [1.165, 1.54) is 11.1 Å². The highest BCUT2D eigenvalue weighted by molar-refractivity contribution is 5.31. The van der Waals surface area contributed by atoms with E-state index in [0.717, 1.165) is 32.8 Å². The van der Waals surface area contributed by atoms with E-state index in [1.807, 2.05) is 0 Å². The van der Waals surface area contributed by atoms with Gasteiger partial charge in [-0.3, -0.25) is 0 Å². The zero-order chi connectivity index (χ0) is 10.8. The summed E-state index contributed by atoms with van der Waals surface area (Å²) in [6.45, 7) is 3.23. The molecular weight excluding hydrogens is 202 g/mol. The Morgan fingerprint density at radius 1 is 1.12 bits per heavy atom. The highest BCUT2D eigenvalue weighted by Gasteiger charge is 2.24. The van der Waals surface area contributed by atoms with Gasteiger partial charge >= 0.3 is 0 Å². The van der Waals surface area contributed by atoms with Gasteiger partial charge in [0.2, 0.25) is 0 Å². The molecule has 0 spiro atoms. The van der Waals surface area contributed by atoms with Crippen molar-refractivity contribution >= 4 is 0 Å². The maximum absolute atomic E-state index is 5.62. The van der Waals surface area contributed by atoms with Crippen molar-refractivity contribution in [1.82, 2.24) is 5.32 Å². The molecule has 3 rings (SSSR count). The number of benzene rings is 1. The maximum atomic E-state index is 5.62. The second-order valence-electron chi connectivity index (χ2n) is 4.49. The molecule has 2 atom stereocenters. The van der Waals surface area contributed by atoms with E-state index in [2.05, 4.69) is 29.6 Å². The van der Waals surface area contributed by atoms with Gasteiger partial charge in [0.1, 0.15) is 0 Å². The van der Waals surface area contributed by atoms with Crippen LogP contribution in [0, 0.1) is 0 Å². The van der Waals surface area contributed by atoms with Crippen molar-refractivity contribution in [3.05, 3.63) is 35.4 Å². The summed E-state index contributed by atoms with van der Waals surface area (Å²) < 4.78 is 11.0. The van der Waals surface area contributed by atoms with Gasteiger partial charge in [0, 0.05) is 12.6 Å². The molecule has 0 bridgehead atoms. The molecule has 0 aromatic heterocycles. The highest BCUT2D eigenvalue weighted by atomic mass is 16.5. The molecule has 86 valence electrons. The van der Waals surface area contributed by atoms with Crippen LogP contribution in [0.15, 0.2) is 24.3 Å². The van der Waals surface area contributed by atoms with Crippen LogP contribution in [0.2, 0.25) is 0 Å². The summed E-state index contributed by atoms with van der Waals surface area (Å²) in [6.07, 6.45) is 1.11. The van der Waals surface area contributed by atoms with Crippen LogP contribution in [0.3, 0.4) is 0 Å². The van der Waals surface area contributed by atoms with E-state index >= 15 is 0 Å². The van der Waals surface area contributed by atoms with Gasteiger partial charge in [-0.15, -0.1) is 0 Å². The molecule has 2 unspecified atom stereocenters. The topological polar surface area (TPSA) is 30.5 Å². The van der Waals surface area contributed by atoms with Gasteiger partial charge in [0.05, 0.1) is 25.9 Å². The van der Waals surface area contributed by atoms with Crippen LogP contribution < -0.4 is 5.32 Å². The predicted molar refractivity (Wildman–Crippen MR) is 61.2 cm³/mol. The Hall–Kier alpha value is -0.900. The second kappa shape index (κ2) is 4.53. The first kappa shape index (κ1) is 10.3. The van der Waals surface area contributed by atoms with Crippen LogP contribution in [-0.4, -0.2) is 25.9 Å². The van der Waals surface area contributed by atoms with E-state index in [-0.39, 0.29) is 0 Å². The lowest BCUT2D eigenvalue weighted by Crippen LogP contribution is -2.37. The molecule has 3 heteroatoms. The summed E-state index contributed by atoms with van der Waals surface area (Å²) in [5.74, 6) is 0. The summed E-state index contributed by atoms with van der Waals surface area (Å²) >= 11 is 0. The van der Waals surface area contributed by atoms with E-state index in [4.69, 9.17) is 9.47 Å². The molecular formula is C13H17NO2. The van der Waals surface area contributed by atoms with Gasteiger partial charge in [-0.1, -0.05) is 24.3 Å². The first-order chi connectivity index (χ1) is 7.93. The number of rotatable bonds is 2. The first-order valence-corrected chi connectivity index (χ1v) is 5.93. The molecule has 2 heterocycles. The number of ether oxygens (including phenoxy) is 2. The zero-order valence-corrected chi connectivity index (χ0v) is 9.32. The summed E-state index contributed by atoms with van der Waals surface area (Å²) in [4.78, 5) is 0. The molecule has 1 saturated heterocycles. The summed E-state index contributed by atoms with van der Waals surface area (Å²) in [5.41, 5.74) is 2.70. The third-order valence-corrected chi connectivity index (χ3v) is 3.34. The molecule has 3 nitrogen and oxygen atoms in total. The fraction of sp³-hybridized carbons (Fsp3) is 0.538. The molecule has 0 saturated carbocycles. The molecule has 16 heavy (non-hydrogen) atoms. The largest absolute Gasteiger partial charge is 0.380 e. The fourth-order valence-corrected chi connectivity index (χ4v) is 2.47. The average molecular weight is 219 g/mol. The Bertz CT molecular complexity index is 361. The lowest BCUT2D eigenvalue weighted by Gasteiger charge is -2.28. The van der Waals surface area contributed by atoms with Crippen molar-refractivity contribution in [2.75, 3.05) is 19.8 Å². The van der Waals surface area contributed by atoms with Crippen molar-refractivity contribution in [2.45, 2.75) is 25.1 Å². The Labute approximate surface area is 95.8 Å². The number of hydrogen-bond donors (Lipinski definition) is 1. The smallest absolute Gasteiger partial charge is 0.0721 e. The van der Waals surface area contributed by atoms with Gasteiger partial charge in [0.15, 0.2) is 0 Å². The third-order valence-electron chi connectivity index (χ3n) is 3.34. The summed E-state index contributed by atoms with van der Waals surface area (Å²) in [5, 5.41) is 3.62. The number of nitrogens with one attached hydrogen (secondary N) is 1. The first-order valence-electron chi connectivity index (χ1n) is 5.93. The molecule has 0 radical (unpaired) electrons. The van der Waals surface area contributed by atoms with Crippen molar-refractivity contribution in [1.29, 1.82) is 0 Å². The maximum Gasteiger partial charge on any atom is 0.0721 e. The van der Waals surface area contributed by atoms with Crippen LogP contribution in [0.25, 0.3) is 0 Å². The Kier molecular flexibility index (Phi) is 2.91. The SMILES string of the molecule is c1ccc2c(c1)COCC2NC1CCOC1. The quantitative estimate of drug-likeness (QED) is 0.820. The number of hydrogen-bond acceptors (Lipinski definition) is 3. The molecule has 1 fully saturated rings. The minimum absolute atomic E-state index is 0.330. The molecule has 0 amide bonds. The average Bonchev–Trinajstić information content (AvgIpc) is 2.82. The van der Waals surface area contributed by atoms with Crippen LogP contribution in [-0.2, 0) is 16.1 Å². The van der Waals surface area contributed by atoms with Crippen LogP contribution in [0.4, 0.5) is 0 Å². The Balaban J connectivity index is 1.76. The van der Waals surface area contributed by atoms with Crippen LogP contribution in [0.1, 0.15) is 23.6 Å². The van der Waals surface area contributed by atoms with Crippen molar-refractivity contribution in [2.24, 2.45) is 0 Å². The zero-order valence-electron chi connectivity index (χ0n) is 9.32. The third kappa shape index (κ3) is 1.98. The fourth-order valence-electron chi connectivity index (χ4n) is 2.47. The van der Waals surface area contributed by atoms with Gasteiger partial charge in [-0.05, 0) is 17.5 Å². The Morgan fingerprint density at radius 3 is 2.94 bits per heavy atom. The normalized spacial score (nSPS) is 29.0. The van der Waals surface area contributed by atoms with Gasteiger partial charge < -0.3 is 14.8 Å². The minimum atomic E-state index is 0.330. The Morgan fingerprint density at radius 2 is 2.06 bits per heavy atom. The molecule has 1 aromatic carbocycles. The summed E-state index contributed by atoms with van der Waals surface area (Å²) in [7, 11) is 0. The molecule has 0 aliphatic carbocycles. The lowest BCUT2D eigenvalue weighted by molar-refractivity contribution is 0.0772. The van der Waals surface area contributed by atoms with Gasteiger partial charge in [0.25, 0.3) is 0 Å². The number of fused-ring (bicyclic) bond motifs is 1.